The molecule has 0 aliphatic carbocycles. The molecule has 0 aromatic heterocycles. The van der Waals surface area contributed by atoms with E-state index in [9.17, 15) is 0 Å². The van der Waals surface area contributed by atoms with E-state index in [2.05, 4.69) is 5.32 Å². The van der Waals surface area contributed by atoms with Crippen LogP contribution < -0.4 is 0 Å². The second-order valence-corrected chi connectivity index (χ2v) is 0.632. The first-order valence-electron chi connectivity index (χ1n) is 1.47. The van der Waals surface area contributed by atoms with Crippen LogP contribution in [0.25, 0.3) is 5.32 Å². The summed E-state index contributed by atoms with van der Waals surface area (Å²) >= 11 is 0. The molecule has 1 nitrogen and oxygen atoms in total. The van der Waals surface area contributed by atoms with Gasteiger partial charge in [0.2, 0.25) is 0 Å². The largest absolute Gasteiger partial charge is 0.665 e. The van der Waals surface area contributed by atoms with E-state index >= 15 is 0 Å². The van der Waals surface area contributed by atoms with Crippen LogP contribution >= 0.6 is 0 Å². The van der Waals surface area contributed by atoms with E-state index < -0.39 is 0 Å². The van der Waals surface area contributed by atoms with E-state index in [1.807, 2.05) is 6.92 Å². The van der Waals surface area contributed by atoms with Crippen LogP contribution in [-0.2, 0) is 41.2 Å². The summed E-state index contributed by atoms with van der Waals surface area (Å²) in [6.45, 7) is 2.96. The predicted octanol–water partition coefficient (Wildman–Crippen LogP) is 1.00. The molecule has 0 atom stereocenters. The molecule has 3 heteroatoms. The zero-order chi connectivity index (χ0) is 3.41. The van der Waals surface area contributed by atoms with E-state index in [1.165, 1.54) is 0 Å². The fourth-order valence-corrected chi connectivity index (χ4v) is 0. The first kappa shape index (κ1) is 15.7. The Balaban J connectivity index is -0.0000000450. The summed E-state index contributed by atoms with van der Waals surface area (Å²) in [5.74, 6) is 0. The van der Waals surface area contributed by atoms with Crippen molar-refractivity contribution in [2.75, 3.05) is 13.6 Å². The van der Waals surface area contributed by atoms with Gasteiger partial charge in [0.1, 0.15) is 0 Å². The van der Waals surface area contributed by atoms with Gasteiger partial charge in [-0.1, -0.05) is 6.92 Å². The Morgan fingerprint density at radius 1 is 1.50 bits per heavy atom. The van der Waals surface area contributed by atoms with Crippen molar-refractivity contribution in [3.05, 3.63) is 5.32 Å². The number of rotatable bonds is 1. The van der Waals surface area contributed by atoms with Crippen LogP contribution in [0.1, 0.15) is 6.92 Å². The van der Waals surface area contributed by atoms with Crippen LogP contribution in [0.5, 0.6) is 0 Å². The zero-order valence-electron chi connectivity index (χ0n) is 4.01. The van der Waals surface area contributed by atoms with Crippen LogP contribution in [0.3, 0.4) is 0 Å². The SMILES string of the molecule is CC[N-]C.[Ru].[Ti]. The topological polar surface area (TPSA) is 14.1 Å². The molecule has 0 bridgehead atoms. The first-order valence-corrected chi connectivity index (χ1v) is 1.47. The molecule has 0 rings (SSSR count). The third-order valence-corrected chi connectivity index (χ3v) is 0.316. The average molecular weight is 207 g/mol. The van der Waals surface area contributed by atoms with Gasteiger partial charge in [0.05, 0.1) is 0 Å². The Kier molecular flexibility index (Phi) is 42.4. The second kappa shape index (κ2) is 16.3. The molecule has 0 saturated heterocycles. The van der Waals surface area contributed by atoms with Gasteiger partial charge in [-0.3, -0.25) is 0 Å². The van der Waals surface area contributed by atoms with Gasteiger partial charge >= 0.3 is 0 Å². The van der Waals surface area contributed by atoms with Crippen molar-refractivity contribution in [1.29, 1.82) is 0 Å². The summed E-state index contributed by atoms with van der Waals surface area (Å²) in [5, 5.41) is 3.74. The minimum Gasteiger partial charge on any atom is -0.665 e. The molecule has 0 fully saturated rings. The van der Waals surface area contributed by atoms with E-state index in [4.69, 9.17) is 0 Å². The fourth-order valence-electron chi connectivity index (χ4n) is 0. The van der Waals surface area contributed by atoms with E-state index in [1.54, 1.807) is 7.05 Å². The Labute approximate surface area is 66.9 Å². The first-order chi connectivity index (χ1) is 1.91. The third-order valence-electron chi connectivity index (χ3n) is 0.316. The average Bonchev–Trinajstić information content (AvgIpc) is 1.37. The van der Waals surface area contributed by atoms with E-state index in [0.717, 1.165) is 6.54 Å². The van der Waals surface area contributed by atoms with Gasteiger partial charge in [0.15, 0.2) is 0 Å². The molecule has 0 N–H and O–H groups in total. The molecule has 6 heavy (non-hydrogen) atoms. The molecule has 0 aliphatic heterocycles. The summed E-state index contributed by atoms with van der Waals surface area (Å²) in [6, 6.07) is 0. The molecular weight excluding hydrogens is 199 g/mol. The molecule has 0 aliphatic rings. The maximum absolute atomic E-state index is 3.74. The van der Waals surface area contributed by atoms with Crippen LogP contribution in [0.2, 0.25) is 0 Å². The van der Waals surface area contributed by atoms with Crippen LogP contribution in [0.15, 0.2) is 0 Å². The summed E-state index contributed by atoms with van der Waals surface area (Å²) in [7, 11) is 1.81. The van der Waals surface area contributed by atoms with Gasteiger partial charge in [0.25, 0.3) is 0 Å². The monoisotopic (exact) mass is 208 g/mol. The van der Waals surface area contributed by atoms with Crippen molar-refractivity contribution in [2.24, 2.45) is 0 Å². The Morgan fingerprint density at radius 3 is 1.67 bits per heavy atom. The minimum absolute atomic E-state index is 0. The zero-order valence-corrected chi connectivity index (χ0v) is 7.31. The molecule has 0 radical (unpaired) electrons. The Bertz CT molecular complexity index is 12.8. The maximum Gasteiger partial charge on any atom is 0 e. The molecule has 0 aromatic rings. The molecule has 38 valence electrons. The Hall–Kier alpha value is 1.30. The van der Waals surface area contributed by atoms with Crippen molar-refractivity contribution in [3.63, 3.8) is 0 Å². The van der Waals surface area contributed by atoms with Crippen molar-refractivity contribution < 1.29 is 41.2 Å². The summed E-state index contributed by atoms with van der Waals surface area (Å²) in [5.41, 5.74) is 0. The van der Waals surface area contributed by atoms with Gasteiger partial charge < -0.3 is 5.32 Å². The summed E-state index contributed by atoms with van der Waals surface area (Å²) in [6.07, 6.45) is 0. The quantitative estimate of drug-likeness (QED) is 0.569. The van der Waals surface area contributed by atoms with Crippen LogP contribution in [0.4, 0.5) is 0 Å². The normalized spacial score (nSPS) is 5.00. The van der Waals surface area contributed by atoms with Gasteiger partial charge in [0, 0.05) is 41.2 Å². The maximum atomic E-state index is 3.74. The van der Waals surface area contributed by atoms with Gasteiger partial charge in [-0.25, -0.2) is 0 Å². The molecular formula is C3H8NRuTi-. The molecule has 0 amide bonds. The molecule has 0 unspecified atom stereocenters. The van der Waals surface area contributed by atoms with Crippen LogP contribution in [0, 0.1) is 0 Å². The minimum atomic E-state index is 0. The number of hydrogen-bond acceptors (Lipinski definition) is 0. The predicted molar refractivity (Wildman–Crippen MR) is 19.8 cm³/mol. The van der Waals surface area contributed by atoms with Gasteiger partial charge in [-0.05, 0) is 0 Å². The second-order valence-electron chi connectivity index (χ2n) is 0.632. The molecule has 0 aromatic carbocycles. The Morgan fingerprint density at radius 2 is 1.67 bits per heavy atom. The molecule has 0 saturated carbocycles. The van der Waals surface area contributed by atoms with Gasteiger partial charge in [-0.2, -0.15) is 13.6 Å². The number of hydrogen-bond donors (Lipinski definition) is 0. The molecule has 0 heterocycles. The fraction of sp³-hybridized carbons (Fsp3) is 1.00. The third kappa shape index (κ3) is 18.5. The standard InChI is InChI=1S/C3H8N.Ru.Ti/c1-3-4-2;;/h3H2,1-2H3;;/q-1;;. The number of nitrogens with zero attached hydrogens (tertiary/aromatic N) is 1. The molecule has 0 spiro atoms. The van der Waals surface area contributed by atoms with Crippen molar-refractivity contribution in [3.8, 4) is 0 Å². The van der Waals surface area contributed by atoms with Crippen LogP contribution in [-0.4, -0.2) is 13.6 Å². The summed E-state index contributed by atoms with van der Waals surface area (Å²) < 4.78 is 0. The summed E-state index contributed by atoms with van der Waals surface area (Å²) in [4.78, 5) is 0. The van der Waals surface area contributed by atoms with Crippen molar-refractivity contribution >= 4 is 0 Å². The van der Waals surface area contributed by atoms with Gasteiger partial charge in [-0.15, -0.1) is 0 Å². The van der Waals surface area contributed by atoms with Crippen molar-refractivity contribution in [1.82, 2.24) is 0 Å². The van der Waals surface area contributed by atoms with E-state index in [-0.39, 0.29) is 41.2 Å². The van der Waals surface area contributed by atoms with E-state index in [0.29, 0.717) is 0 Å². The van der Waals surface area contributed by atoms with Crippen molar-refractivity contribution in [2.45, 2.75) is 6.92 Å². The smallest absolute Gasteiger partial charge is 0 e.